The van der Waals surface area contributed by atoms with Gasteiger partial charge in [0.05, 0.1) is 29.8 Å². The van der Waals surface area contributed by atoms with Gasteiger partial charge in [0.2, 0.25) is 5.91 Å². The number of carbonyl (C=O) groups is 1. The van der Waals surface area contributed by atoms with Crippen LogP contribution in [0.15, 0.2) is 36.5 Å². The molecule has 3 aromatic rings. The first-order valence-electron chi connectivity index (χ1n) is 9.19. The van der Waals surface area contributed by atoms with Gasteiger partial charge in [-0.15, -0.1) is 0 Å². The van der Waals surface area contributed by atoms with Gasteiger partial charge in [-0.25, -0.2) is 4.39 Å². The monoisotopic (exact) mass is 381 g/mol. The first kappa shape index (κ1) is 19.5. The number of carbonyl (C=O) groups excluding carboxylic acids is 1. The van der Waals surface area contributed by atoms with Crippen molar-refractivity contribution >= 4 is 17.7 Å². The summed E-state index contributed by atoms with van der Waals surface area (Å²) in [6.45, 7) is 8.93. The van der Waals surface area contributed by atoms with E-state index in [9.17, 15) is 9.18 Å². The summed E-state index contributed by atoms with van der Waals surface area (Å²) >= 11 is 0. The van der Waals surface area contributed by atoms with E-state index < -0.39 is 0 Å². The minimum absolute atomic E-state index is 0.236. The van der Waals surface area contributed by atoms with Crippen molar-refractivity contribution in [1.29, 1.82) is 0 Å². The van der Waals surface area contributed by atoms with Crippen LogP contribution in [-0.4, -0.2) is 25.5 Å². The van der Waals surface area contributed by atoms with Crippen LogP contribution in [0.3, 0.4) is 0 Å². The fraction of sp³-hybridized carbons (Fsp3) is 0.286. The third kappa shape index (κ3) is 4.19. The van der Waals surface area contributed by atoms with Crippen molar-refractivity contribution < 1.29 is 9.18 Å². The molecule has 0 radical (unpaired) electrons. The van der Waals surface area contributed by atoms with Gasteiger partial charge in [-0.2, -0.15) is 10.2 Å². The number of aromatic nitrogens is 4. The molecule has 28 heavy (non-hydrogen) atoms. The van der Waals surface area contributed by atoms with Gasteiger partial charge < -0.3 is 5.32 Å². The Balaban J connectivity index is 1.73. The van der Waals surface area contributed by atoms with Crippen molar-refractivity contribution in [2.75, 3.05) is 5.32 Å². The van der Waals surface area contributed by atoms with E-state index in [0.717, 1.165) is 29.1 Å². The molecule has 2 aromatic heterocycles. The van der Waals surface area contributed by atoms with E-state index in [1.807, 2.05) is 38.4 Å². The molecule has 0 saturated heterocycles. The van der Waals surface area contributed by atoms with Gasteiger partial charge in [0.25, 0.3) is 0 Å². The molecule has 2 heterocycles. The quantitative estimate of drug-likeness (QED) is 0.660. The van der Waals surface area contributed by atoms with E-state index in [1.54, 1.807) is 23.0 Å². The van der Waals surface area contributed by atoms with E-state index in [2.05, 4.69) is 15.5 Å². The predicted octanol–water partition coefficient (Wildman–Crippen LogP) is 3.86. The number of hydrogen-bond acceptors (Lipinski definition) is 3. The molecule has 146 valence electrons. The van der Waals surface area contributed by atoms with E-state index >= 15 is 0 Å². The van der Waals surface area contributed by atoms with Gasteiger partial charge in [0.1, 0.15) is 5.82 Å². The highest BCUT2D eigenvalue weighted by Gasteiger charge is 2.14. The second-order valence-corrected chi connectivity index (χ2v) is 6.66. The zero-order valence-corrected chi connectivity index (χ0v) is 16.5. The Morgan fingerprint density at radius 1 is 1.21 bits per heavy atom. The molecule has 0 spiro atoms. The molecule has 0 aliphatic carbocycles. The molecular formula is C21H24FN5O. The lowest BCUT2D eigenvalue weighted by Gasteiger charge is -2.06. The van der Waals surface area contributed by atoms with Crippen LogP contribution in [0.5, 0.6) is 0 Å². The van der Waals surface area contributed by atoms with Gasteiger partial charge in [-0.05, 0) is 51.5 Å². The molecule has 0 aliphatic rings. The van der Waals surface area contributed by atoms with Gasteiger partial charge in [0, 0.05) is 23.9 Å². The topological polar surface area (TPSA) is 64.7 Å². The molecule has 1 aromatic carbocycles. The number of nitrogens with one attached hydrogen (secondary N) is 1. The SMILES string of the molecule is CCn1ncc(/C=C/C(=O)Nc2c(C)nn(Cc3cccc(F)c3)c2C)c1C. The summed E-state index contributed by atoms with van der Waals surface area (Å²) in [5, 5.41) is 11.6. The van der Waals surface area contributed by atoms with E-state index in [-0.39, 0.29) is 11.7 Å². The first-order valence-corrected chi connectivity index (χ1v) is 9.19. The highest BCUT2D eigenvalue weighted by Crippen LogP contribution is 2.21. The number of hydrogen-bond donors (Lipinski definition) is 1. The number of amides is 1. The second kappa shape index (κ2) is 8.21. The lowest BCUT2D eigenvalue weighted by Crippen LogP contribution is -2.10. The van der Waals surface area contributed by atoms with Crippen LogP contribution in [0.2, 0.25) is 0 Å². The van der Waals surface area contributed by atoms with Crippen molar-refractivity contribution in [3.8, 4) is 0 Å². The van der Waals surface area contributed by atoms with Crippen LogP contribution in [0, 0.1) is 26.6 Å². The molecule has 7 heteroatoms. The van der Waals surface area contributed by atoms with Gasteiger partial charge in [-0.1, -0.05) is 12.1 Å². The summed E-state index contributed by atoms with van der Waals surface area (Å²) in [6.07, 6.45) is 4.99. The Morgan fingerprint density at radius 2 is 2.00 bits per heavy atom. The Bertz CT molecular complexity index is 1030. The highest BCUT2D eigenvalue weighted by molar-refractivity contribution is 6.02. The minimum Gasteiger partial charge on any atom is -0.319 e. The molecule has 3 rings (SSSR count). The average molecular weight is 381 g/mol. The lowest BCUT2D eigenvalue weighted by molar-refractivity contribution is -0.111. The average Bonchev–Trinajstić information content (AvgIpc) is 3.14. The van der Waals surface area contributed by atoms with Crippen molar-refractivity contribution in [1.82, 2.24) is 19.6 Å². The number of aryl methyl sites for hydroxylation is 2. The third-order valence-electron chi connectivity index (χ3n) is 4.71. The Labute approximate surface area is 163 Å². The van der Waals surface area contributed by atoms with Crippen LogP contribution < -0.4 is 5.32 Å². The van der Waals surface area contributed by atoms with Crippen LogP contribution in [0.1, 0.15) is 35.1 Å². The molecule has 0 atom stereocenters. The molecule has 1 N–H and O–H groups in total. The molecule has 0 fully saturated rings. The Kier molecular flexibility index (Phi) is 5.73. The normalized spacial score (nSPS) is 11.3. The first-order chi connectivity index (χ1) is 13.4. The van der Waals surface area contributed by atoms with Crippen molar-refractivity contribution in [3.63, 3.8) is 0 Å². The van der Waals surface area contributed by atoms with Crippen LogP contribution in [0.4, 0.5) is 10.1 Å². The summed E-state index contributed by atoms with van der Waals surface area (Å²) < 4.78 is 17.0. The van der Waals surface area contributed by atoms with Crippen LogP contribution in [-0.2, 0) is 17.9 Å². The van der Waals surface area contributed by atoms with E-state index in [0.29, 0.717) is 17.9 Å². The maximum Gasteiger partial charge on any atom is 0.248 e. The molecular weight excluding hydrogens is 357 g/mol. The summed E-state index contributed by atoms with van der Waals surface area (Å²) in [5.74, 6) is -0.514. The van der Waals surface area contributed by atoms with Crippen LogP contribution in [0.25, 0.3) is 6.08 Å². The second-order valence-electron chi connectivity index (χ2n) is 6.66. The van der Waals surface area contributed by atoms with E-state index in [4.69, 9.17) is 0 Å². The third-order valence-corrected chi connectivity index (χ3v) is 4.71. The smallest absolute Gasteiger partial charge is 0.248 e. The van der Waals surface area contributed by atoms with E-state index in [1.165, 1.54) is 18.2 Å². The summed E-state index contributed by atoms with van der Waals surface area (Å²) in [7, 11) is 0. The maximum absolute atomic E-state index is 13.4. The highest BCUT2D eigenvalue weighted by atomic mass is 19.1. The van der Waals surface area contributed by atoms with Gasteiger partial charge >= 0.3 is 0 Å². The number of anilines is 1. The number of nitrogens with zero attached hydrogens (tertiary/aromatic N) is 4. The van der Waals surface area contributed by atoms with Gasteiger partial charge in [-0.3, -0.25) is 14.2 Å². The molecule has 6 nitrogen and oxygen atoms in total. The number of halogens is 1. The van der Waals surface area contributed by atoms with Crippen molar-refractivity contribution in [2.24, 2.45) is 0 Å². The number of benzene rings is 1. The largest absolute Gasteiger partial charge is 0.319 e. The summed E-state index contributed by atoms with van der Waals surface area (Å²) in [4.78, 5) is 12.4. The zero-order chi connectivity index (χ0) is 20.3. The maximum atomic E-state index is 13.4. The molecule has 1 amide bonds. The van der Waals surface area contributed by atoms with Gasteiger partial charge in [0.15, 0.2) is 0 Å². The fourth-order valence-corrected chi connectivity index (χ4v) is 3.11. The van der Waals surface area contributed by atoms with Crippen molar-refractivity contribution in [2.45, 2.75) is 40.8 Å². The number of rotatable bonds is 6. The molecule has 0 bridgehead atoms. The zero-order valence-electron chi connectivity index (χ0n) is 16.5. The van der Waals surface area contributed by atoms with Crippen LogP contribution >= 0.6 is 0 Å². The standard InChI is InChI=1S/C21H24FN5O/c1-5-26-15(3)18(12-23-26)9-10-20(28)24-21-14(2)25-27(16(21)4)13-17-7-6-8-19(22)11-17/h6-12H,5,13H2,1-4H3,(H,24,28)/b10-9+. The summed E-state index contributed by atoms with van der Waals surface area (Å²) in [6, 6.07) is 6.41. The molecule has 0 aliphatic heterocycles. The molecule has 0 unspecified atom stereocenters. The Morgan fingerprint density at radius 3 is 2.68 bits per heavy atom. The summed E-state index contributed by atoms with van der Waals surface area (Å²) in [5.41, 5.74) is 4.94. The molecule has 0 saturated carbocycles. The minimum atomic E-state index is -0.278. The van der Waals surface area contributed by atoms with Crippen molar-refractivity contribution in [3.05, 3.63) is 70.6 Å². The predicted molar refractivity (Wildman–Crippen MR) is 108 cm³/mol. The lowest BCUT2D eigenvalue weighted by atomic mass is 10.2. The Hall–Kier alpha value is -3.22. The fourth-order valence-electron chi connectivity index (χ4n) is 3.11.